The molecule has 1 aliphatic rings. The predicted octanol–water partition coefficient (Wildman–Crippen LogP) is 3.14. The van der Waals surface area contributed by atoms with Crippen LogP contribution in [0.1, 0.15) is 18.4 Å². The molecule has 24 heavy (non-hydrogen) atoms. The third-order valence-electron chi connectivity index (χ3n) is 3.91. The zero-order valence-electron chi connectivity index (χ0n) is 13.4. The first-order valence-electron chi connectivity index (χ1n) is 8.06. The Morgan fingerprint density at radius 3 is 2.58 bits per heavy atom. The van der Waals surface area contributed by atoms with E-state index in [-0.39, 0.29) is 12.5 Å². The first-order chi connectivity index (χ1) is 11.7. The second-order valence-corrected chi connectivity index (χ2v) is 6.65. The Morgan fingerprint density at radius 1 is 1.17 bits per heavy atom. The van der Waals surface area contributed by atoms with Gasteiger partial charge in [-0.1, -0.05) is 22.0 Å². The quantitative estimate of drug-likeness (QED) is 0.824. The van der Waals surface area contributed by atoms with Crippen LogP contribution in [0.3, 0.4) is 0 Å². The second kappa shape index (κ2) is 8.15. The van der Waals surface area contributed by atoms with Crippen LogP contribution < -0.4 is 15.0 Å². The summed E-state index contributed by atoms with van der Waals surface area (Å²) in [5.41, 5.74) is 0.981. The number of amides is 1. The van der Waals surface area contributed by atoms with Gasteiger partial charge in [0.1, 0.15) is 11.6 Å². The van der Waals surface area contributed by atoms with Crippen molar-refractivity contribution in [3.05, 3.63) is 52.6 Å². The number of nitrogens with zero attached hydrogens (tertiary/aromatic N) is 2. The lowest BCUT2D eigenvalue weighted by Gasteiger charge is -2.16. The first-order valence-corrected chi connectivity index (χ1v) is 8.85. The Balaban J connectivity index is 1.43. The molecule has 0 unspecified atom stereocenters. The molecule has 126 valence electrons. The average molecular weight is 390 g/mol. The van der Waals surface area contributed by atoms with Crippen LogP contribution in [0, 0.1) is 0 Å². The van der Waals surface area contributed by atoms with Crippen LogP contribution in [0.15, 0.2) is 47.1 Å². The van der Waals surface area contributed by atoms with Crippen molar-refractivity contribution in [2.75, 3.05) is 24.6 Å². The Morgan fingerprint density at radius 2 is 1.92 bits per heavy atom. The fourth-order valence-electron chi connectivity index (χ4n) is 2.59. The summed E-state index contributed by atoms with van der Waals surface area (Å²) in [5.74, 6) is 1.53. The van der Waals surface area contributed by atoms with Gasteiger partial charge in [-0.25, -0.2) is 4.98 Å². The van der Waals surface area contributed by atoms with E-state index < -0.39 is 0 Å². The van der Waals surface area contributed by atoms with E-state index in [2.05, 4.69) is 31.1 Å². The highest BCUT2D eigenvalue weighted by atomic mass is 79.9. The van der Waals surface area contributed by atoms with Crippen LogP contribution in [0.4, 0.5) is 5.82 Å². The van der Waals surface area contributed by atoms with Crippen LogP contribution in [0.5, 0.6) is 5.75 Å². The van der Waals surface area contributed by atoms with E-state index in [9.17, 15) is 4.79 Å². The zero-order chi connectivity index (χ0) is 16.8. The summed E-state index contributed by atoms with van der Waals surface area (Å²) in [6.07, 6.45) is 4.29. The lowest BCUT2D eigenvalue weighted by Crippen LogP contribution is -2.28. The van der Waals surface area contributed by atoms with Gasteiger partial charge in [0.25, 0.3) is 5.91 Å². The van der Waals surface area contributed by atoms with Gasteiger partial charge in [-0.3, -0.25) is 4.79 Å². The van der Waals surface area contributed by atoms with Gasteiger partial charge in [0.05, 0.1) is 0 Å². The SMILES string of the molecule is O=C(COc1ccc(Br)cc1)NCc1ccc(N2CCCC2)nc1. The summed E-state index contributed by atoms with van der Waals surface area (Å²) < 4.78 is 6.42. The van der Waals surface area contributed by atoms with Crippen molar-refractivity contribution in [3.63, 3.8) is 0 Å². The largest absolute Gasteiger partial charge is 0.484 e. The number of hydrogen-bond acceptors (Lipinski definition) is 4. The number of hydrogen-bond donors (Lipinski definition) is 1. The number of nitrogens with one attached hydrogen (secondary N) is 1. The smallest absolute Gasteiger partial charge is 0.258 e. The number of carbonyl (C=O) groups is 1. The van der Waals surface area contributed by atoms with Gasteiger partial charge < -0.3 is 15.0 Å². The van der Waals surface area contributed by atoms with Gasteiger partial charge in [0, 0.05) is 30.3 Å². The minimum absolute atomic E-state index is 0.000915. The lowest BCUT2D eigenvalue weighted by molar-refractivity contribution is -0.123. The van der Waals surface area contributed by atoms with Crippen molar-refractivity contribution in [2.24, 2.45) is 0 Å². The Kier molecular flexibility index (Phi) is 5.69. The predicted molar refractivity (Wildman–Crippen MR) is 97.2 cm³/mol. The standard InChI is InChI=1S/C18H20BrN3O2/c19-15-4-6-16(7-5-15)24-13-18(23)21-12-14-3-8-17(20-11-14)22-9-1-2-10-22/h3-8,11H,1-2,9-10,12-13H2,(H,21,23). The topological polar surface area (TPSA) is 54.5 Å². The van der Waals surface area contributed by atoms with E-state index in [1.165, 1.54) is 12.8 Å². The molecule has 0 atom stereocenters. The Labute approximate surface area is 150 Å². The highest BCUT2D eigenvalue weighted by Crippen LogP contribution is 2.18. The van der Waals surface area contributed by atoms with E-state index in [0.29, 0.717) is 12.3 Å². The van der Waals surface area contributed by atoms with Gasteiger partial charge in [-0.2, -0.15) is 0 Å². The molecule has 5 nitrogen and oxygen atoms in total. The van der Waals surface area contributed by atoms with E-state index in [4.69, 9.17) is 4.74 Å². The van der Waals surface area contributed by atoms with Crippen LogP contribution in [0.2, 0.25) is 0 Å². The highest BCUT2D eigenvalue weighted by molar-refractivity contribution is 9.10. The molecule has 1 amide bonds. The molecule has 1 aromatic heterocycles. The minimum Gasteiger partial charge on any atom is -0.484 e. The maximum atomic E-state index is 11.9. The van der Waals surface area contributed by atoms with Crippen molar-refractivity contribution in [2.45, 2.75) is 19.4 Å². The van der Waals surface area contributed by atoms with Crippen molar-refractivity contribution in [1.29, 1.82) is 0 Å². The fourth-order valence-corrected chi connectivity index (χ4v) is 2.85. The molecule has 2 heterocycles. The molecule has 6 heteroatoms. The summed E-state index contributed by atoms with van der Waals surface area (Å²) in [6.45, 7) is 2.61. The van der Waals surface area contributed by atoms with E-state index in [0.717, 1.165) is 28.9 Å². The number of rotatable bonds is 6. The van der Waals surface area contributed by atoms with E-state index in [1.807, 2.05) is 42.6 Å². The maximum absolute atomic E-state index is 11.9. The third kappa shape index (κ3) is 4.71. The van der Waals surface area contributed by atoms with Crippen molar-refractivity contribution in [3.8, 4) is 5.75 Å². The maximum Gasteiger partial charge on any atom is 0.258 e. The van der Waals surface area contributed by atoms with Gasteiger partial charge in [-0.05, 0) is 48.7 Å². The molecule has 1 aromatic carbocycles. The van der Waals surface area contributed by atoms with E-state index in [1.54, 1.807) is 0 Å². The molecule has 1 aliphatic heterocycles. The molecule has 0 saturated carbocycles. The van der Waals surface area contributed by atoms with Gasteiger partial charge in [0.2, 0.25) is 0 Å². The van der Waals surface area contributed by atoms with Gasteiger partial charge in [-0.15, -0.1) is 0 Å². The molecule has 0 bridgehead atoms. The summed E-state index contributed by atoms with van der Waals surface area (Å²) in [6, 6.07) is 11.4. The molecule has 1 N–H and O–H groups in total. The molecule has 0 radical (unpaired) electrons. The molecule has 0 spiro atoms. The number of pyridine rings is 1. The number of ether oxygens (including phenoxy) is 1. The molecular weight excluding hydrogens is 370 g/mol. The van der Waals surface area contributed by atoms with Crippen LogP contribution in [0.25, 0.3) is 0 Å². The van der Waals surface area contributed by atoms with Gasteiger partial charge >= 0.3 is 0 Å². The minimum atomic E-state index is -0.151. The highest BCUT2D eigenvalue weighted by Gasteiger charge is 2.13. The number of halogens is 1. The zero-order valence-corrected chi connectivity index (χ0v) is 15.0. The fraction of sp³-hybridized carbons (Fsp3) is 0.333. The molecule has 3 rings (SSSR count). The summed E-state index contributed by atoms with van der Waals surface area (Å²) in [4.78, 5) is 18.6. The normalized spacial score (nSPS) is 13.8. The van der Waals surface area contributed by atoms with Crippen LogP contribution in [-0.2, 0) is 11.3 Å². The summed E-state index contributed by atoms with van der Waals surface area (Å²) in [5, 5.41) is 2.84. The van der Waals surface area contributed by atoms with Crippen LogP contribution >= 0.6 is 15.9 Å². The number of aromatic nitrogens is 1. The van der Waals surface area contributed by atoms with Crippen molar-refractivity contribution < 1.29 is 9.53 Å². The summed E-state index contributed by atoms with van der Waals surface area (Å²) >= 11 is 3.36. The van der Waals surface area contributed by atoms with E-state index >= 15 is 0 Å². The average Bonchev–Trinajstić information content (AvgIpc) is 3.14. The second-order valence-electron chi connectivity index (χ2n) is 5.74. The monoisotopic (exact) mass is 389 g/mol. The molecule has 1 fully saturated rings. The number of benzene rings is 1. The van der Waals surface area contributed by atoms with Crippen molar-refractivity contribution in [1.82, 2.24) is 10.3 Å². The first kappa shape index (κ1) is 16.8. The number of anilines is 1. The molecular formula is C18H20BrN3O2. The number of carbonyl (C=O) groups excluding carboxylic acids is 1. The Bertz CT molecular complexity index is 668. The Hall–Kier alpha value is -2.08. The third-order valence-corrected chi connectivity index (χ3v) is 4.44. The van der Waals surface area contributed by atoms with Crippen molar-refractivity contribution >= 4 is 27.7 Å². The molecule has 1 saturated heterocycles. The van der Waals surface area contributed by atoms with Gasteiger partial charge in [0.15, 0.2) is 6.61 Å². The lowest BCUT2D eigenvalue weighted by atomic mass is 10.2. The molecule has 2 aromatic rings. The molecule has 0 aliphatic carbocycles. The summed E-state index contributed by atoms with van der Waals surface area (Å²) in [7, 11) is 0. The van der Waals surface area contributed by atoms with Crippen LogP contribution in [-0.4, -0.2) is 30.6 Å².